The van der Waals surface area contributed by atoms with Crippen molar-refractivity contribution >= 4 is 17.2 Å². The molecule has 27 heavy (non-hydrogen) atoms. The number of nitrogens with one attached hydrogen (secondary N) is 1. The molecular weight excluding hydrogens is 354 g/mol. The molecule has 138 valence electrons. The average Bonchev–Trinajstić information content (AvgIpc) is 3.40. The number of carbonyl (C=O) groups excluding carboxylic acids is 1. The van der Waals surface area contributed by atoms with Crippen LogP contribution in [0.15, 0.2) is 60.0 Å². The number of rotatable bonds is 5. The summed E-state index contributed by atoms with van der Waals surface area (Å²) in [6.45, 7) is 2.56. The first-order valence-corrected chi connectivity index (χ1v) is 10.1. The summed E-state index contributed by atoms with van der Waals surface area (Å²) in [7, 11) is 1.84. The van der Waals surface area contributed by atoms with Crippen molar-refractivity contribution in [3.05, 3.63) is 76.8 Å². The van der Waals surface area contributed by atoms with Gasteiger partial charge in [-0.2, -0.15) is 0 Å². The van der Waals surface area contributed by atoms with Gasteiger partial charge >= 0.3 is 0 Å². The molecule has 1 saturated heterocycles. The number of aromatic nitrogens is 1. The van der Waals surface area contributed by atoms with Gasteiger partial charge in [-0.3, -0.25) is 4.79 Å². The standard InChI is InChI=1S/C22H23N3OS/c1-25(14-20-15-27-21(24-20)16-6-3-2-4-7-16)22(26)18-9-5-8-17(12-18)19-10-11-23-13-19/h2-9,12,15,19,23H,10-11,13-14H2,1H3/t19-/m0/s1. The molecule has 1 aromatic heterocycles. The van der Waals surface area contributed by atoms with Crippen LogP contribution in [-0.4, -0.2) is 35.9 Å². The molecule has 2 aromatic carbocycles. The molecule has 1 amide bonds. The Labute approximate surface area is 163 Å². The summed E-state index contributed by atoms with van der Waals surface area (Å²) in [6.07, 6.45) is 1.13. The first kappa shape index (κ1) is 17.9. The fourth-order valence-electron chi connectivity index (χ4n) is 3.49. The molecule has 1 fully saturated rings. The van der Waals surface area contributed by atoms with Crippen LogP contribution in [0.1, 0.15) is 34.0 Å². The van der Waals surface area contributed by atoms with E-state index in [2.05, 4.69) is 23.5 Å². The highest BCUT2D eigenvalue weighted by atomic mass is 32.1. The largest absolute Gasteiger partial charge is 0.336 e. The highest BCUT2D eigenvalue weighted by Gasteiger charge is 2.19. The van der Waals surface area contributed by atoms with Gasteiger partial charge in [-0.1, -0.05) is 42.5 Å². The van der Waals surface area contributed by atoms with Crippen LogP contribution in [0.2, 0.25) is 0 Å². The molecule has 3 aromatic rings. The van der Waals surface area contributed by atoms with Crippen LogP contribution in [0.4, 0.5) is 0 Å². The van der Waals surface area contributed by atoms with Crippen molar-refractivity contribution in [2.45, 2.75) is 18.9 Å². The summed E-state index contributed by atoms with van der Waals surface area (Å²) in [5.41, 5.74) is 4.03. The zero-order valence-electron chi connectivity index (χ0n) is 15.4. The van der Waals surface area contributed by atoms with Crippen molar-refractivity contribution in [3.63, 3.8) is 0 Å². The molecule has 1 aliphatic rings. The summed E-state index contributed by atoms with van der Waals surface area (Å²) in [6, 6.07) is 18.2. The van der Waals surface area contributed by atoms with Crippen LogP contribution in [0.3, 0.4) is 0 Å². The summed E-state index contributed by atoms with van der Waals surface area (Å²) < 4.78 is 0. The van der Waals surface area contributed by atoms with E-state index in [9.17, 15) is 4.79 Å². The number of benzene rings is 2. The van der Waals surface area contributed by atoms with Gasteiger partial charge in [0.25, 0.3) is 5.91 Å². The van der Waals surface area contributed by atoms with Crippen LogP contribution >= 0.6 is 11.3 Å². The van der Waals surface area contributed by atoms with Crippen LogP contribution in [-0.2, 0) is 6.54 Å². The number of thiazole rings is 1. The molecule has 1 aliphatic heterocycles. The Morgan fingerprint density at radius 2 is 2.07 bits per heavy atom. The number of carbonyl (C=O) groups is 1. The molecule has 4 nitrogen and oxygen atoms in total. The molecular formula is C22H23N3OS. The smallest absolute Gasteiger partial charge is 0.253 e. The second kappa shape index (κ2) is 8.03. The van der Waals surface area contributed by atoms with E-state index in [0.29, 0.717) is 12.5 Å². The van der Waals surface area contributed by atoms with Crippen molar-refractivity contribution in [2.24, 2.45) is 0 Å². The van der Waals surface area contributed by atoms with Crippen molar-refractivity contribution in [1.29, 1.82) is 0 Å². The molecule has 0 spiro atoms. The number of nitrogens with zero attached hydrogens (tertiary/aromatic N) is 2. The quantitative estimate of drug-likeness (QED) is 0.726. The van der Waals surface area contributed by atoms with Crippen LogP contribution < -0.4 is 5.32 Å². The molecule has 5 heteroatoms. The van der Waals surface area contributed by atoms with E-state index in [0.717, 1.165) is 41.3 Å². The second-order valence-electron chi connectivity index (χ2n) is 6.99. The zero-order valence-corrected chi connectivity index (χ0v) is 16.2. The lowest BCUT2D eigenvalue weighted by Crippen LogP contribution is -2.26. The highest BCUT2D eigenvalue weighted by molar-refractivity contribution is 7.13. The maximum atomic E-state index is 12.9. The Morgan fingerprint density at radius 1 is 1.22 bits per heavy atom. The molecule has 0 radical (unpaired) electrons. The van der Waals surface area contributed by atoms with E-state index in [1.807, 2.05) is 48.8 Å². The normalized spacial score (nSPS) is 16.4. The van der Waals surface area contributed by atoms with Gasteiger partial charge < -0.3 is 10.2 Å². The molecule has 0 bridgehead atoms. The maximum absolute atomic E-state index is 12.9. The van der Waals surface area contributed by atoms with E-state index in [1.54, 1.807) is 16.2 Å². The Bertz CT molecular complexity index is 916. The number of hydrogen-bond acceptors (Lipinski definition) is 4. The monoisotopic (exact) mass is 377 g/mol. The second-order valence-corrected chi connectivity index (χ2v) is 7.84. The lowest BCUT2D eigenvalue weighted by molar-refractivity contribution is 0.0783. The van der Waals surface area contributed by atoms with Gasteiger partial charge in [-0.25, -0.2) is 4.98 Å². The fraction of sp³-hybridized carbons (Fsp3) is 0.273. The molecule has 1 atom stereocenters. The maximum Gasteiger partial charge on any atom is 0.253 e. The van der Waals surface area contributed by atoms with Gasteiger partial charge in [-0.15, -0.1) is 11.3 Å². The van der Waals surface area contributed by atoms with Gasteiger partial charge in [0.2, 0.25) is 0 Å². The van der Waals surface area contributed by atoms with Crippen molar-refractivity contribution < 1.29 is 4.79 Å². The topological polar surface area (TPSA) is 45.2 Å². The Morgan fingerprint density at radius 3 is 2.85 bits per heavy atom. The summed E-state index contributed by atoms with van der Waals surface area (Å²) in [5, 5.41) is 6.41. The van der Waals surface area contributed by atoms with Gasteiger partial charge in [0.15, 0.2) is 0 Å². The Kier molecular flexibility index (Phi) is 5.32. The van der Waals surface area contributed by atoms with E-state index < -0.39 is 0 Å². The van der Waals surface area contributed by atoms with Crippen molar-refractivity contribution in [1.82, 2.24) is 15.2 Å². The lowest BCUT2D eigenvalue weighted by Gasteiger charge is -2.17. The van der Waals surface area contributed by atoms with E-state index in [-0.39, 0.29) is 5.91 Å². The van der Waals surface area contributed by atoms with Gasteiger partial charge in [-0.05, 0) is 36.6 Å². The molecule has 0 unspecified atom stereocenters. The van der Waals surface area contributed by atoms with Gasteiger partial charge in [0, 0.05) is 30.1 Å². The molecule has 0 saturated carbocycles. The summed E-state index contributed by atoms with van der Waals surface area (Å²) in [4.78, 5) is 19.3. The van der Waals surface area contributed by atoms with E-state index >= 15 is 0 Å². The lowest BCUT2D eigenvalue weighted by atomic mass is 9.96. The summed E-state index contributed by atoms with van der Waals surface area (Å²) in [5.74, 6) is 0.548. The van der Waals surface area contributed by atoms with Crippen LogP contribution in [0.5, 0.6) is 0 Å². The average molecular weight is 378 g/mol. The highest BCUT2D eigenvalue weighted by Crippen LogP contribution is 2.25. The minimum atomic E-state index is 0.0390. The predicted octanol–water partition coefficient (Wildman–Crippen LogP) is 4.16. The van der Waals surface area contributed by atoms with Crippen molar-refractivity contribution in [3.8, 4) is 10.6 Å². The number of hydrogen-bond donors (Lipinski definition) is 1. The number of amides is 1. The van der Waals surface area contributed by atoms with Gasteiger partial charge in [0.1, 0.15) is 5.01 Å². The third-order valence-corrected chi connectivity index (χ3v) is 5.92. The third kappa shape index (κ3) is 4.10. The molecule has 4 rings (SSSR count). The first-order chi connectivity index (χ1) is 13.2. The third-order valence-electron chi connectivity index (χ3n) is 4.98. The molecule has 0 aliphatic carbocycles. The molecule has 2 heterocycles. The minimum absolute atomic E-state index is 0.0390. The Balaban J connectivity index is 1.45. The summed E-state index contributed by atoms with van der Waals surface area (Å²) >= 11 is 1.62. The predicted molar refractivity (Wildman–Crippen MR) is 110 cm³/mol. The fourth-order valence-corrected chi connectivity index (χ4v) is 4.31. The van der Waals surface area contributed by atoms with Crippen LogP contribution in [0.25, 0.3) is 10.6 Å². The first-order valence-electron chi connectivity index (χ1n) is 9.26. The van der Waals surface area contributed by atoms with E-state index in [1.165, 1.54) is 5.56 Å². The van der Waals surface area contributed by atoms with Gasteiger partial charge in [0.05, 0.1) is 12.2 Å². The SMILES string of the molecule is CN(Cc1csc(-c2ccccc2)n1)C(=O)c1cccc([C@H]2CCNC2)c1. The zero-order chi connectivity index (χ0) is 18.6. The van der Waals surface area contributed by atoms with Crippen molar-refractivity contribution in [2.75, 3.05) is 20.1 Å². The van der Waals surface area contributed by atoms with E-state index in [4.69, 9.17) is 4.98 Å². The minimum Gasteiger partial charge on any atom is -0.336 e. The Hall–Kier alpha value is -2.50. The molecule has 1 N–H and O–H groups in total. The van der Waals surface area contributed by atoms with Crippen LogP contribution in [0, 0.1) is 0 Å².